The van der Waals surface area contributed by atoms with Gasteiger partial charge in [-0.3, -0.25) is 20.4 Å². The van der Waals surface area contributed by atoms with Gasteiger partial charge in [-0.25, -0.2) is 18.1 Å². The highest BCUT2D eigenvalue weighted by atomic mass is 32.2. The van der Waals surface area contributed by atoms with Gasteiger partial charge in [0, 0.05) is 17.7 Å². The minimum Gasteiger partial charge on any atom is -0.267 e. The van der Waals surface area contributed by atoms with Gasteiger partial charge in [0.05, 0.1) is 10.6 Å². The highest BCUT2D eigenvalue weighted by molar-refractivity contribution is 7.89. The van der Waals surface area contributed by atoms with Crippen molar-refractivity contribution in [3.63, 3.8) is 0 Å². The SMILES string of the molecule is CCNS(=O)(=O)c1ccc(C(=O)NNC(=O)c2sc(-c3ccccc3)nc2C)cc1. The smallest absolute Gasteiger partial charge is 0.267 e. The van der Waals surface area contributed by atoms with Crippen molar-refractivity contribution in [3.8, 4) is 10.6 Å². The second kappa shape index (κ2) is 9.16. The van der Waals surface area contributed by atoms with Gasteiger partial charge in [0.15, 0.2) is 0 Å². The van der Waals surface area contributed by atoms with Crippen molar-refractivity contribution >= 4 is 33.2 Å². The maximum Gasteiger partial charge on any atom is 0.281 e. The van der Waals surface area contributed by atoms with Gasteiger partial charge in [-0.15, -0.1) is 11.3 Å². The zero-order chi connectivity index (χ0) is 21.7. The number of nitrogens with zero attached hydrogens (tertiary/aromatic N) is 1. The summed E-state index contributed by atoms with van der Waals surface area (Å²) in [4.78, 5) is 29.6. The molecule has 0 bridgehead atoms. The lowest BCUT2D eigenvalue weighted by atomic mass is 10.2. The first-order chi connectivity index (χ1) is 14.3. The van der Waals surface area contributed by atoms with E-state index in [9.17, 15) is 18.0 Å². The minimum absolute atomic E-state index is 0.0543. The molecule has 8 nitrogen and oxygen atoms in total. The zero-order valence-electron chi connectivity index (χ0n) is 16.3. The number of sulfonamides is 1. The zero-order valence-corrected chi connectivity index (χ0v) is 17.9. The van der Waals surface area contributed by atoms with Crippen LogP contribution in [0, 0.1) is 6.92 Å². The van der Waals surface area contributed by atoms with Crippen molar-refractivity contribution in [2.45, 2.75) is 18.7 Å². The lowest BCUT2D eigenvalue weighted by Gasteiger charge is -2.08. The second-order valence-electron chi connectivity index (χ2n) is 6.23. The molecule has 0 aliphatic rings. The summed E-state index contributed by atoms with van der Waals surface area (Å²) < 4.78 is 26.3. The molecule has 3 N–H and O–H groups in total. The number of hydrogen-bond donors (Lipinski definition) is 3. The Balaban J connectivity index is 1.65. The number of rotatable bonds is 6. The predicted molar refractivity (Wildman–Crippen MR) is 115 cm³/mol. The first-order valence-corrected chi connectivity index (χ1v) is 11.3. The van der Waals surface area contributed by atoms with E-state index in [4.69, 9.17) is 0 Å². The Kier molecular flexibility index (Phi) is 6.60. The number of thiazole rings is 1. The highest BCUT2D eigenvalue weighted by Crippen LogP contribution is 2.27. The quantitative estimate of drug-likeness (QED) is 0.505. The molecule has 0 aliphatic carbocycles. The molecule has 1 aromatic heterocycles. The molecule has 156 valence electrons. The Hall–Kier alpha value is -3.08. The van der Waals surface area contributed by atoms with Crippen molar-refractivity contribution in [2.24, 2.45) is 0 Å². The summed E-state index contributed by atoms with van der Waals surface area (Å²) in [6.07, 6.45) is 0. The molecule has 0 atom stereocenters. The van der Waals surface area contributed by atoms with Crippen LogP contribution in [0.2, 0.25) is 0 Å². The van der Waals surface area contributed by atoms with Gasteiger partial charge in [0.25, 0.3) is 11.8 Å². The van der Waals surface area contributed by atoms with Gasteiger partial charge in [0.2, 0.25) is 10.0 Å². The summed E-state index contributed by atoms with van der Waals surface area (Å²) in [7, 11) is -3.60. The molecule has 0 spiro atoms. The molecule has 3 rings (SSSR count). The molecule has 1 heterocycles. The number of nitrogens with one attached hydrogen (secondary N) is 3. The third-order valence-electron chi connectivity index (χ3n) is 4.07. The molecular formula is C20H20N4O4S2. The Labute approximate surface area is 178 Å². The monoisotopic (exact) mass is 444 g/mol. The third-order valence-corrected chi connectivity index (χ3v) is 6.84. The summed E-state index contributed by atoms with van der Waals surface area (Å²) in [6, 6.07) is 14.9. The van der Waals surface area contributed by atoms with Gasteiger partial charge < -0.3 is 0 Å². The molecular weight excluding hydrogens is 424 g/mol. The lowest BCUT2D eigenvalue weighted by molar-refractivity contribution is 0.0848. The third kappa shape index (κ3) is 4.90. The summed E-state index contributed by atoms with van der Waals surface area (Å²) in [5, 5.41) is 0.710. The Bertz CT molecular complexity index is 1160. The normalized spacial score (nSPS) is 11.1. The summed E-state index contributed by atoms with van der Waals surface area (Å²) in [5.74, 6) is -1.05. The van der Waals surface area contributed by atoms with E-state index in [0.29, 0.717) is 15.6 Å². The molecule has 30 heavy (non-hydrogen) atoms. The van der Waals surface area contributed by atoms with Gasteiger partial charge in [-0.2, -0.15) is 0 Å². The number of carbonyl (C=O) groups excluding carboxylic acids is 2. The first kappa shape index (κ1) is 21.6. The number of carbonyl (C=O) groups is 2. The van der Waals surface area contributed by atoms with Crippen molar-refractivity contribution in [2.75, 3.05) is 6.54 Å². The average molecular weight is 445 g/mol. The molecule has 0 aliphatic heterocycles. The number of amides is 2. The van der Waals surface area contributed by atoms with Crippen LogP contribution in [-0.4, -0.2) is 31.8 Å². The van der Waals surface area contributed by atoms with E-state index < -0.39 is 21.8 Å². The fourth-order valence-corrected chi connectivity index (χ4v) is 4.62. The molecule has 0 saturated heterocycles. The van der Waals surface area contributed by atoms with Crippen LogP contribution >= 0.6 is 11.3 Å². The van der Waals surface area contributed by atoms with Crippen LogP contribution in [-0.2, 0) is 10.0 Å². The lowest BCUT2D eigenvalue weighted by Crippen LogP contribution is -2.41. The minimum atomic E-state index is -3.60. The second-order valence-corrected chi connectivity index (χ2v) is 9.00. The Morgan fingerprint density at radius 3 is 2.23 bits per heavy atom. The molecule has 0 saturated carbocycles. The molecule has 0 unspecified atom stereocenters. The van der Waals surface area contributed by atoms with E-state index in [-0.39, 0.29) is 17.0 Å². The standard InChI is InChI=1S/C20H20N4O4S2/c1-3-21-30(27,28)16-11-9-14(10-12-16)18(25)23-24-19(26)17-13(2)22-20(29-17)15-7-5-4-6-8-15/h4-12,21H,3H2,1-2H3,(H,23,25)(H,24,26). The van der Waals surface area contributed by atoms with Crippen LogP contribution in [0.15, 0.2) is 59.5 Å². The molecule has 2 aromatic carbocycles. The van der Waals surface area contributed by atoms with E-state index in [0.717, 1.165) is 5.56 Å². The number of aryl methyl sites for hydroxylation is 1. The average Bonchev–Trinajstić information content (AvgIpc) is 3.14. The van der Waals surface area contributed by atoms with Crippen molar-refractivity contribution in [1.82, 2.24) is 20.6 Å². The van der Waals surface area contributed by atoms with E-state index in [1.54, 1.807) is 13.8 Å². The van der Waals surface area contributed by atoms with Crippen LogP contribution in [0.3, 0.4) is 0 Å². The summed E-state index contributed by atoms with van der Waals surface area (Å²) in [6.45, 7) is 3.67. The van der Waals surface area contributed by atoms with E-state index >= 15 is 0 Å². The topological polar surface area (TPSA) is 117 Å². The highest BCUT2D eigenvalue weighted by Gasteiger charge is 2.18. The molecule has 2 amide bonds. The number of hydrogen-bond acceptors (Lipinski definition) is 6. The maximum atomic E-state index is 12.5. The predicted octanol–water partition coefficient (Wildman–Crippen LogP) is 2.49. The number of benzene rings is 2. The van der Waals surface area contributed by atoms with Gasteiger partial charge in [-0.1, -0.05) is 37.3 Å². The van der Waals surface area contributed by atoms with Gasteiger partial charge in [0.1, 0.15) is 9.88 Å². The van der Waals surface area contributed by atoms with Crippen molar-refractivity contribution in [3.05, 3.63) is 70.7 Å². The van der Waals surface area contributed by atoms with Gasteiger partial charge in [-0.05, 0) is 31.2 Å². The largest absolute Gasteiger partial charge is 0.281 e. The number of aromatic nitrogens is 1. The first-order valence-electron chi connectivity index (χ1n) is 9.05. The Morgan fingerprint density at radius 1 is 0.967 bits per heavy atom. The van der Waals surface area contributed by atoms with Crippen LogP contribution in [0.5, 0.6) is 0 Å². The molecule has 0 radical (unpaired) electrons. The van der Waals surface area contributed by atoms with Crippen LogP contribution < -0.4 is 15.6 Å². The van der Waals surface area contributed by atoms with Crippen LogP contribution in [0.4, 0.5) is 0 Å². The maximum absolute atomic E-state index is 12.5. The molecule has 10 heteroatoms. The summed E-state index contributed by atoms with van der Waals surface area (Å²) >= 11 is 1.23. The van der Waals surface area contributed by atoms with Crippen LogP contribution in [0.1, 0.15) is 32.6 Å². The fraction of sp³-hybridized carbons (Fsp3) is 0.150. The molecule has 3 aromatic rings. The van der Waals surface area contributed by atoms with E-state index in [1.807, 2.05) is 30.3 Å². The van der Waals surface area contributed by atoms with E-state index in [1.165, 1.54) is 35.6 Å². The van der Waals surface area contributed by atoms with Crippen molar-refractivity contribution < 1.29 is 18.0 Å². The Morgan fingerprint density at radius 2 is 1.60 bits per heavy atom. The summed E-state index contributed by atoms with van der Waals surface area (Å²) in [5.41, 5.74) is 6.37. The molecule has 0 fully saturated rings. The van der Waals surface area contributed by atoms with Crippen LogP contribution in [0.25, 0.3) is 10.6 Å². The van der Waals surface area contributed by atoms with E-state index in [2.05, 4.69) is 20.6 Å². The number of hydrazine groups is 1. The van der Waals surface area contributed by atoms with Gasteiger partial charge >= 0.3 is 0 Å². The van der Waals surface area contributed by atoms with Crippen molar-refractivity contribution in [1.29, 1.82) is 0 Å². The fourth-order valence-electron chi connectivity index (χ4n) is 2.61.